The molecule has 0 unspecified atom stereocenters. The van der Waals surface area contributed by atoms with Crippen molar-refractivity contribution in [3.05, 3.63) is 23.8 Å². The number of aliphatic hydroxyl groups excluding tert-OH is 1. The highest BCUT2D eigenvalue weighted by Crippen LogP contribution is 2.14. The third-order valence-corrected chi connectivity index (χ3v) is 2.37. The number of β-amino-alcohol motifs (C(OH)–C–C–N with tert-alkyl or cyclic N) is 1. The molecule has 0 amide bonds. The number of fused-ring (bicyclic) bond motifs is 1. The first kappa shape index (κ1) is 8.59. The SMILES string of the molecule is OCCN1CCc2cncnc2C1. The van der Waals surface area contributed by atoms with Crippen LogP contribution in [0.25, 0.3) is 0 Å². The highest BCUT2D eigenvalue weighted by molar-refractivity contribution is 5.18. The predicted octanol–water partition coefficient (Wildman–Crippen LogP) is -0.173. The van der Waals surface area contributed by atoms with Gasteiger partial charge in [-0.3, -0.25) is 4.90 Å². The Bertz CT molecular complexity index is 290. The Balaban J connectivity index is 2.11. The van der Waals surface area contributed by atoms with Crippen LogP contribution in [0.1, 0.15) is 11.3 Å². The summed E-state index contributed by atoms with van der Waals surface area (Å²) >= 11 is 0. The molecule has 2 heterocycles. The first-order valence-corrected chi connectivity index (χ1v) is 4.51. The molecule has 0 aliphatic carbocycles. The second kappa shape index (κ2) is 3.81. The van der Waals surface area contributed by atoms with Crippen molar-refractivity contribution in [3.63, 3.8) is 0 Å². The van der Waals surface area contributed by atoms with Gasteiger partial charge in [-0.25, -0.2) is 9.97 Å². The highest BCUT2D eigenvalue weighted by atomic mass is 16.3. The highest BCUT2D eigenvalue weighted by Gasteiger charge is 2.15. The molecule has 0 aromatic carbocycles. The van der Waals surface area contributed by atoms with Crippen LogP contribution in [0.2, 0.25) is 0 Å². The molecule has 0 spiro atoms. The summed E-state index contributed by atoms with van der Waals surface area (Å²) in [5, 5.41) is 8.79. The molecule has 2 rings (SSSR count). The van der Waals surface area contributed by atoms with Crippen molar-refractivity contribution in [1.82, 2.24) is 14.9 Å². The Morgan fingerprint density at radius 3 is 3.31 bits per heavy atom. The van der Waals surface area contributed by atoms with E-state index in [0.717, 1.165) is 31.7 Å². The number of rotatable bonds is 2. The van der Waals surface area contributed by atoms with Crippen molar-refractivity contribution < 1.29 is 5.11 Å². The van der Waals surface area contributed by atoms with Gasteiger partial charge in [0.25, 0.3) is 0 Å². The molecule has 4 nitrogen and oxygen atoms in total. The molecule has 70 valence electrons. The molecule has 4 heteroatoms. The lowest BCUT2D eigenvalue weighted by atomic mass is 10.1. The minimum Gasteiger partial charge on any atom is -0.395 e. The smallest absolute Gasteiger partial charge is 0.115 e. The molecule has 1 N–H and O–H groups in total. The van der Waals surface area contributed by atoms with Crippen LogP contribution in [0.3, 0.4) is 0 Å². The van der Waals surface area contributed by atoms with Gasteiger partial charge in [-0.15, -0.1) is 0 Å². The summed E-state index contributed by atoms with van der Waals surface area (Å²) in [6, 6.07) is 0. The average Bonchev–Trinajstić information content (AvgIpc) is 2.18. The molecular weight excluding hydrogens is 166 g/mol. The summed E-state index contributed by atoms with van der Waals surface area (Å²) < 4.78 is 0. The maximum Gasteiger partial charge on any atom is 0.115 e. The first-order valence-electron chi connectivity index (χ1n) is 4.51. The van der Waals surface area contributed by atoms with E-state index in [1.807, 2.05) is 6.20 Å². The third-order valence-electron chi connectivity index (χ3n) is 2.37. The number of aliphatic hydroxyl groups is 1. The summed E-state index contributed by atoms with van der Waals surface area (Å²) in [7, 11) is 0. The second-order valence-electron chi connectivity index (χ2n) is 3.24. The van der Waals surface area contributed by atoms with E-state index in [-0.39, 0.29) is 6.61 Å². The molecule has 1 aromatic rings. The molecular formula is C9H13N3O. The average molecular weight is 179 g/mol. The van der Waals surface area contributed by atoms with Gasteiger partial charge in [0.05, 0.1) is 12.3 Å². The van der Waals surface area contributed by atoms with E-state index in [1.165, 1.54) is 5.56 Å². The van der Waals surface area contributed by atoms with Gasteiger partial charge < -0.3 is 5.11 Å². The monoisotopic (exact) mass is 179 g/mol. The summed E-state index contributed by atoms with van der Waals surface area (Å²) in [4.78, 5) is 10.4. The van der Waals surface area contributed by atoms with Gasteiger partial charge in [0, 0.05) is 25.8 Å². The Kier molecular flexibility index (Phi) is 2.52. The van der Waals surface area contributed by atoms with Gasteiger partial charge in [0.2, 0.25) is 0 Å². The van der Waals surface area contributed by atoms with Crippen LogP contribution in [0.15, 0.2) is 12.5 Å². The molecule has 0 saturated heterocycles. The number of aromatic nitrogens is 2. The lowest BCUT2D eigenvalue weighted by molar-refractivity contribution is 0.182. The molecule has 0 radical (unpaired) electrons. The predicted molar refractivity (Wildman–Crippen MR) is 48.1 cm³/mol. The molecule has 0 saturated carbocycles. The maximum atomic E-state index is 8.79. The maximum absolute atomic E-state index is 8.79. The van der Waals surface area contributed by atoms with Crippen LogP contribution in [-0.2, 0) is 13.0 Å². The molecule has 0 bridgehead atoms. The third kappa shape index (κ3) is 1.84. The van der Waals surface area contributed by atoms with Crippen molar-refractivity contribution in [2.45, 2.75) is 13.0 Å². The standard InChI is InChI=1S/C9H13N3O/c13-4-3-12-2-1-8-5-10-7-11-9(8)6-12/h5,7,13H,1-4,6H2. The number of hydrogen-bond acceptors (Lipinski definition) is 4. The van der Waals surface area contributed by atoms with Crippen molar-refractivity contribution in [2.24, 2.45) is 0 Å². The van der Waals surface area contributed by atoms with E-state index >= 15 is 0 Å². The summed E-state index contributed by atoms with van der Waals surface area (Å²) in [6.45, 7) is 2.81. The number of hydrogen-bond donors (Lipinski definition) is 1. The second-order valence-corrected chi connectivity index (χ2v) is 3.24. The molecule has 13 heavy (non-hydrogen) atoms. The molecule has 0 fully saturated rings. The lowest BCUT2D eigenvalue weighted by Crippen LogP contribution is -2.33. The van der Waals surface area contributed by atoms with Gasteiger partial charge in [0.15, 0.2) is 0 Å². The van der Waals surface area contributed by atoms with E-state index in [1.54, 1.807) is 6.33 Å². The van der Waals surface area contributed by atoms with Crippen LogP contribution in [0.5, 0.6) is 0 Å². The minimum absolute atomic E-state index is 0.223. The first-order chi connectivity index (χ1) is 6.40. The van der Waals surface area contributed by atoms with E-state index in [2.05, 4.69) is 14.9 Å². The summed E-state index contributed by atoms with van der Waals surface area (Å²) in [6.07, 6.45) is 4.47. The fourth-order valence-electron chi connectivity index (χ4n) is 1.64. The fraction of sp³-hybridized carbons (Fsp3) is 0.556. The van der Waals surface area contributed by atoms with Gasteiger partial charge >= 0.3 is 0 Å². The topological polar surface area (TPSA) is 49.2 Å². The van der Waals surface area contributed by atoms with Crippen molar-refractivity contribution in [2.75, 3.05) is 19.7 Å². The summed E-state index contributed by atoms with van der Waals surface area (Å²) in [5.74, 6) is 0. The van der Waals surface area contributed by atoms with Crippen LogP contribution < -0.4 is 0 Å². The Morgan fingerprint density at radius 1 is 1.54 bits per heavy atom. The van der Waals surface area contributed by atoms with Crippen molar-refractivity contribution in [3.8, 4) is 0 Å². The zero-order valence-electron chi connectivity index (χ0n) is 7.48. The van der Waals surface area contributed by atoms with E-state index in [9.17, 15) is 0 Å². The fourth-order valence-corrected chi connectivity index (χ4v) is 1.64. The minimum atomic E-state index is 0.223. The van der Waals surface area contributed by atoms with E-state index < -0.39 is 0 Å². The Morgan fingerprint density at radius 2 is 2.46 bits per heavy atom. The van der Waals surface area contributed by atoms with Gasteiger partial charge in [0.1, 0.15) is 6.33 Å². The van der Waals surface area contributed by atoms with Gasteiger partial charge in [-0.2, -0.15) is 0 Å². The molecule has 0 atom stereocenters. The van der Waals surface area contributed by atoms with Crippen molar-refractivity contribution in [1.29, 1.82) is 0 Å². The molecule has 1 aliphatic heterocycles. The molecule has 1 aromatic heterocycles. The largest absolute Gasteiger partial charge is 0.395 e. The lowest BCUT2D eigenvalue weighted by Gasteiger charge is -2.26. The molecule has 1 aliphatic rings. The number of nitrogens with zero attached hydrogens (tertiary/aromatic N) is 3. The Labute approximate surface area is 77.2 Å². The van der Waals surface area contributed by atoms with E-state index in [4.69, 9.17) is 5.11 Å². The van der Waals surface area contributed by atoms with E-state index in [0.29, 0.717) is 0 Å². The Hall–Kier alpha value is -1.00. The van der Waals surface area contributed by atoms with Crippen LogP contribution in [0, 0.1) is 0 Å². The van der Waals surface area contributed by atoms with Gasteiger partial charge in [-0.1, -0.05) is 0 Å². The van der Waals surface area contributed by atoms with Gasteiger partial charge in [-0.05, 0) is 12.0 Å². The summed E-state index contributed by atoms with van der Waals surface area (Å²) in [5.41, 5.74) is 2.35. The quantitative estimate of drug-likeness (QED) is 0.684. The normalized spacial score (nSPS) is 17.0. The van der Waals surface area contributed by atoms with Crippen molar-refractivity contribution >= 4 is 0 Å². The zero-order chi connectivity index (χ0) is 9.10. The zero-order valence-corrected chi connectivity index (χ0v) is 7.48. The van der Waals surface area contributed by atoms with Crippen LogP contribution in [-0.4, -0.2) is 39.7 Å². The van der Waals surface area contributed by atoms with Crippen LogP contribution >= 0.6 is 0 Å². The van der Waals surface area contributed by atoms with Crippen LogP contribution in [0.4, 0.5) is 0 Å².